The predicted octanol–water partition coefficient (Wildman–Crippen LogP) is 3.31. The molecule has 0 aliphatic rings. The summed E-state index contributed by atoms with van der Waals surface area (Å²) in [5, 5.41) is 4.47. The molecule has 0 atom stereocenters. The fourth-order valence-corrected chi connectivity index (χ4v) is 3.86. The molecule has 146 valence electrons. The van der Waals surface area contributed by atoms with Gasteiger partial charge in [-0.25, -0.2) is 0 Å². The van der Waals surface area contributed by atoms with Crippen molar-refractivity contribution in [3.05, 3.63) is 84.9 Å². The van der Waals surface area contributed by atoms with Crippen molar-refractivity contribution in [2.24, 2.45) is 0 Å². The summed E-state index contributed by atoms with van der Waals surface area (Å²) >= 11 is 0. The van der Waals surface area contributed by atoms with E-state index in [1.807, 2.05) is 30.3 Å². The van der Waals surface area contributed by atoms with Crippen LogP contribution in [0.2, 0.25) is 0 Å². The molecule has 0 saturated heterocycles. The van der Waals surface area contributed by atoms with E-state index in [-0.39, 0.29) is 4.90 Å². The zero-order valence-electron chi connectivity index (χ0n) is 15.4. The molecule has 3 aromatic carbocycles. The molecule has 0 saturated carbocycles. The van der Waals surface area contributed by atoms with Crippen LogP contribution < -0.4 is 16.3 Å². The lowest BCUT2D eigenvalue weighted by molar-refractivity contribution is 0.592. The average Bonchev–Trinajstić information content (AvgIpc) is 3.13. The second-order valence-corrected chi connectivity index (χ2v) is 8.14. The molecule has 0 spiro atoms. The first-order chi connectivity index (χ1) is 13.9. The average molecular weight is 405 g/mol. The number of rotatable bonds is 5. The third-order valence-electron chi connectivity index (χ3n) is 4.38. The van der Waals surface area contributed by atoms with Gasteiger partial charge in [-0.05, 0) is 42.5 Å². The van der Waals surface area contributed by atoms with Crippen molar-refractivity contribution in [2.75, 3.05) is 16.3 Å². The second-order valence-electron chi connectivity index (χ2n) is 6.48. The zero-order chi connectivity index (χ0) is 20.4. The summed E-state index contributed by atoms with van der Waals surface area (Å²) < 4.78 is 25.6. The van der Waals surface area contributed by atoms with Gasteiger partial charge in [0.1, 0.15) is 0 Å². The lowest BCUT2D eigenvalue weighted by Crippen LogP contribution is -2.25. The van der Waals surface area contributed by atoms with E-state index < -0.39 is 10.0 Å². The van der Waals surface area contributed by atoms with E-state index in [4.69, 9.17) is 11.5 Å². The Kier molecular flexibility index (Phi) is 4.69. The van der Waals surface area contributed by atoms with Gasteiger partial charge in [-0.1, -0.05) is 42.5 Å². The number of aromatic nitrogens is 2. The molecule has 1 aromatic heterocycles. The minimum absolute atomic E-state index is 0.146. The summed E-state index contributed by atoms with van der Waals surface area (Å²) in [6.45, 7) is 0. The molecular weight excluding hydrogens is 386 g/mol. The quantitative estimate of drug-likeness (QED) is 0.441. The van der Waals surface area contributed by atoms with Crippen LogP contribution in [0.25, 0.3) is 22.5 Å². The first kappa shape index (κ1) is 18.6. The molecule has 0 bridgehead atoms. The van der Waals surface area contributed by atoms with Crippen LogP contribution in [0.4, 0.5) is 11.4 Å². The van der Waals surface area contributed by atoms with Crippen LogP contribution in [0.3, 0.4) is 0 Å². The monoisotopic (exact) mass is 405 g/mol. The Bertz CT molecular complexity index is 1230. The van der Waals surface area contributed by atoms with Gasteiger partial charge >= 0.3 is 0 Å². The van der Waals surface area contributed by atoms with Crippen LogP contribution in [0.15, 0.2) is 89.8 Å². The number of nitrogen functional groups attached to an aromatic ring is 2. The van der Waals surface area contributed by atoms with Crippen molar-refractivity contribution >= 4 is 21.4 Å². The molecule has 0 radical (unpaired) electrons. The second kappa shape index (κ2) is 7.33. The van der Waals surface area contributed by atoms with Gasteiger partial charge in [-0.15, -0.1) is 0 Å². The molecule has 0 unspecified atom stereocenters. The summed E-state index contributed by atoms with van der Waals surface area (Å²) in [5.41, 5.74) is 15.6. The van der Waals surface area contributed by atoms with Gasteiger partial charge in [0.15, 0.2) is 0 Å². The number of hydrogen-bond acceptors (Lipinski definition) is 5. The van der Waals surface area contributed by atoms with E-state index in [0.29, 0.717) is 22.8 Å². The third kappa shape index (κ3) is 3.92. The molecule has 0 aliphatic carbocycles. The van der Waals surface area contributed by atoms with Gasteiger partial charge in [0, 0.05) is 22.5 Å². The zero-order valence-corrected chi connectivity index (χ0v) is 16.2. The number of nitrogens with two attached hydrogens (primary N) is 2. The molecule has 4 aromatic rings. The van der Waals surface area contributed by atoms with E-state index in [0.717, 1.165) is 11.1 Å². The van der Waals surface area contributed by atoms with Crippen molar-refractivity contribution in [1.29, 1.82) is 0 Å². The maximum atomic E-state index is 12.8. The first-order valence-electron chi connectivity index (χ1n) is 8.82. The Balaban J connectivity index is 1.80. The van der Waals surface area contributed by atoms with Crippen molar-refractivity contribution in [2.45, 2.75) is 4.90 Å². The SMILES string of the molecule is Nc1ccc(-c2cc(-c3ccc(N)cc3)n(NS(=O)(=O)c3ccccc3)n2)cc1. The van der Waals surface area contributed by atoms with Crippen molar-refractivity contribution in [3.63, 3.8) is 0 Å². The first-order valence-corrected chi connectivity index (χ1v) is 10.3. The molecular formula is C21H19N5O2S. The number of nitrogens with zero attached hydrogens (tertiary/aromatic N) is 2. The van der Waals surface area contributed by atoms with Crippen LogP contribution in [0.1, 0.15) is 0 Å². The Labute approximate surface area is 168 Å². The smallest absolute Gasteiger partial charge is 0.276 e. The number of anilines is 2. The van der Waals surface area contributed by atoms with Gasteiger partial charge in [0.25, 0.3) is 10.0 Å². The van der Waals surface area contributed by atoms with Crippen molar-refractivity contribution in [3.8, 4) is 22.5 Å². The topological polar surface area (TPSA) is 116 Å². The summed E-state index contributed by atoms with van der Waals surface area (Å²) in [7, 11) is -3.82. The molecule has 0 aliphatic heterocycles. The Hall–Kier alpha value is -3.78. The highest BCUT2D eigenvalue weighted by molar-refractivity contribution is 7.92. The van der Waals surface area contributed by atoms with Gasteiger partial charge in [0.2, 0.25) is 0 Å². The molecule has 8 heteroatoms. The summed E-state index contributed by atoms with van der Waals surface area (Å²) in [6.07, 6.45) is 0. The predicted molar refractivity (Wildman–Crippen MR) is 115 cm³/mol. The third-order valence-corrected chi connectivity index (χ3v) is 5.69. The van der Waals surface area contributed by atoms with Crippen LogP contribution >= 0.6 is 0 Å². The fraction of sp³-hybridized carbons (Fsp3) is 0. The van der Waals surface area contributed by atoms with Gasteiger partial charge in [0.05, 0.1) is 16.3 Å². The highest BCUT2D eigenvalue weighted by Crippen LogP contribution is 2.27. The van der Waals surface area contributed by atoms with Crippen LogP contribution in [0.5, 0.6) is 0 Å². The highest BCUT2D eigenvalue weighted by atomic mass is 32.2. The normalized spacial score (nSPS) is 11.3. The largest absolute Gasteiger partial charge is 0.399 e. The van der Waals surface area contributed by atoms with Gasteiger partial charge in [-0.2, -0.15) is 23.1 Å². The summed E-state index contributed by atoms with van der Waals surface area (Å²) in [6, 6.07) is 24.3. The van der Waals surface area contributed by atoms with E-state index in [1.54, 1.807) is 42.5 Å². The maximum absolute atomic E-state index is 12.8. The molecule has 0 amide bonds. The lowest BCUT2D eigenvalue weighted by atomic mass is 10.1. The van der Waals surface area contributed by atoms with E-state index in [1.165, 1.54) is 16.9 Å². The maximum Gasteiger partial charge on any atom is 0.276 e. The summed E-state index contributed by atoms with van der Waals surface area (Å²) in [5.74, 6) is 0. The molecule has 4 rings (SSSR count). The highest BCUT2D eigenvalue weighted by Gasteiger charge is 2.18. The van der Waals surface area contributed by atoms with Gasteiger partial charge in [-0.3, -0.25) is 0 Å². The van der Waals surface area contributed by atoms with Crippen LogP contribution in [0, 0.1) is 0 Å². The number of nitrogens with one attached hydrogen (secondary N) is 1. The van der Waals surface area contributed by atoms with E-state index in [9.17, 15) is 8.42 Å². The molecule has 29 heavy (non-hydrogen) atoms. The Morgan fingerprint density at radius 2 is 1.31 bits per heavy atom. The van der Waals surface area contributed by atoms with Crippen molar-refractivity contribution < 1.29 is 8.42 Å². The Morgan fingerprint density at radius 3 is 1.90 bits per heavy atom. The van der Waals surface area contributed by atoms with Crippen LogP contribution in [-0.4, -0.2) is 18.3 Å². The molecule has 7 nitrogen and oxygen atoms in total. The van der Waals surface area contributed by atoms with Crippen molar-refractivity contribution in [1.82, 2.24) is 9.89 Å². The van der Waals surface area contributed by atoms with E-state index >= 15 is 0 Å². The lowest BCUT2D eigenvalue weighted by Gasteiger charge is -2.11. The standard InChI is InChI=1S/C21H19N5O2S/c22-17-10-6-15(7-11-17)20-14-21(16-8-12-18(23)13-9-16)26(24-20)25-29(27,28)19-4-2-1-3-5-19/h1-14,25H,22-23H2. The fourth-order valence-electron chi connectivity index (χ4n) is 2.87. The number of sulfonamides is 1. The number of benzene rings is 3. The Morgan fingerprint density at radius 1 is 0.759 bits per heavy atom. The molecule has 5 N–H and O–H groups in total. The van der Waals surface area contributed by atoms with Crippen LogP contribution in [-0.2, 0) is 10.0 Å². The van der Waals surface area contributed by atoms with E-state index in [2.05, 4.69) is 9.93 Å². The number of hydrogen-bond donors (Lipinski definition) is 3. The summed E-state index contributed by atoms with van der Waals surface area (Å²) in [4.78, 5) is 3.95. The van der Waals surface area contributed by atoms with Gasteiger partial charge < -0.3 is 11.5 Å². The molecule has 0 fully saturated rings. The minimum atomic E-state index is -3.82. The minimum Gasteiger partial charge on any atom is -0.399 e. The molecule has 1 heterocycles.